The van der Waals surface area contributed by atoms with Gasteiger partial charge >= 0.3 is 0 Å². The Balaban J connectivity index is 2.97. The molecule has 0 amide bonds. The van der Waals surface area contributed by atoms with Gasteiger partial charge in [-0.3, -0.25) is 0 Å². The van der Waals surface area contributed by atoms with Crippen LogP contribution in [0.15, 0.2) is 0 Å². The summed E-state index contributed by atoms with van der Waals surface area (Å²) in [5, 5.41) is 6.51. The molecule has 0 aliphatic heterocycles. The van der Waals surface area contributed by atoms with Crippen molar-refractivity contribution < 1.29 is 9.47 Å². The fraction of sp³-hybridized carbons (Fsp3) is 0.500. The van der Waals surface area contributed by atoms with Crippen LogP contribution in [-0.2, 0) is 0 Å². The van der Waals surface area contributed by atoms with Gasteiger partial charge in [0.25, 0.3) is 0 Å². The summed E-state index contributed by atoms with van der Waals surface area (Å²) >= 11 is 0. The van der Waals surface area contributed by atoms with Crippen LogP contribution in [0.5, 0.6) is 11.8 Å². The van der Waals surface area contributed by atoms with Gasteiger partial charge in [0.1, 0.15) is 0 Å². The van der Waals surface area contributed by atoms with Crippen LogP contribution in [-0.4, -0.2) is 24.4 Å². The Morgan fingerprint density at radius 2 is 2.00 bits per heavy atom. The minimum Gasteiger partial charge on any atom is -0.481 e. The van der Waals surface area contributed by atoms with Crippen LogP contribution in [0.1, 0.15) is 5.56 Å². The zero-order chi connectivity index (χ0) is 7.56. The Bertz CT molecular complexity index is 198. The van der Waals surface area contributed by atoms with Gasteiger partial charge in [-0.25, -0.2) is 5.10 Å². The number of nitrogens with one attached hydrogen (secondary N) is 1. The summed E-state index contributed by atoms with van der Waals surface area (Å²) < 4.78 is 9.83. The molecule has 1 rings (SSSR count). The highest BCUT2D eigenvalue weighted by Gasteiger charge is 2.07. The molecule has 0 radical (unpaired) electrons. The number of hydrogen-bond donors (Lipinski definition) is 1. The maximum Gasteiger partial charge on any atom is 0.239 e. The monoisotopic (exact) mass is 142 g/mol. The van der Waals surface area contributed by atoms with Gasteiger partial charge in [-0.2, -0.15) is 0 Å². The molecule has 1 aromatic heterocycles. The van der Waals surface area contributed by atoms with Crippen LogP contribution < -0.4 is 9.47 Å². The van der Waals surface area contributed by atoms with Crippen molar-refractivity contribution in [1.82, 2.24) is 10.2 Å². The lowest BCUT2D eigenvalue weighted by Gasteiger charge is -1.95. The number of methoxy groups -OCH3 is 2. The summed E-state index contributed by atoms with van der Waals surface area (Å²) in [7, 11) is 3.16. The first-order valence-corrected chi connectivity index (χ1v) is 2.92. The van der Waals surface area contributed by atoms with Gasteiger partial charge in [0.15, 0.2) is 0 Å². The molecule has 4 heteroatoms. The van der Waals surface area contributed by atoms with Gasteiger partial charge < -0.3 is 9.47 Å². The van der Waals surface area contributed by atoms with Crippen molar-refractivity contribution in [1.29, 1.82) is 0 Å². The second kappa shape index (κ2) is 2.60. The van der Waals surface area contributed by atoms with Crippen molar-refractivity contribution in [3.05, 3.63) is 5.56 Å². The van der Waals surface area contributed by atoms with Crippen molar-refractivity contribution in [2.45, 2.75) is 6.92 Å². The van der Waals surface area contributed by atoms with Crippen molar-refractivity contribution >= 4 is 0 Å². The minimum absolute atomic E-state index is 0.580. The summed E-state index contributed by atoms with van der Waals surface area (Å²) in [5.41, 5.74) is 0.894. The third-order valence-corrected chi connectivity index (χ3v) is 1.32. The standard InChI is InChI=1S/C6H10N2O2/c1-4-5(9-2)7-8-6(4)10-3/h1-3H3,(H,7,8). The second-order valence-corrected chi connectivity index (χ2v) is 1.89. The van der Waals surface area contributed by atoms with Gasteiger partial charge in [0.2, 0.25) is 11.8 Å². The minimum atomic E-state index is 0.580. The lowest BCUT2D eigenvalue weighted by atomic mass is 10.4. The average molecular weight is 142 g/mol. The van der Waals surface area contributed by atoms with E-state index in [1.807, 2.05) is 6.92 Å². The molecule has 0 bridgehead atoms. The zero-order valence-electron chi connectivity index (χ0n) is 6.26. The first-order valence-electron chi connectivity index (χ1n) is 2.92. The number of nitrogens with zero attached hydrogens (tertiary/aromatic N) is 1. The predicted molar refractivity (Wildman–Crippen MR) is 36.4 cm³/mol. The van der Waals surface area contributed by atoms with E-state index in [2.05, 4.69) is 10.2 Å². The van der Waals surface area contributed by atoms with E-state index in [4.69, 9.17) is 9.47 Å². The lowest BCUT2D eigenvalue weighted by molar-refractivity contribution is 0.390. The summed E-state index contributed by atoms with van der Waals surface area (Å²) in [5.74, 6) is 1.23. The Kier molecular flexibility index (Phi) is 1.80. The van der Waals surface area contributed by atoms with Crippen molar-refractivity contribution in [3.8, 4) is 11.8 Å². The maximum atomic E-state index is 4.93. The van der Waals surface area contributed by atoms with E-state index in [0.717, 1.165) is 5.56 Å². The van der Waals surface area contributed by atoms with Crippen molar-refractivity contribution in [2.75, 3.05) is 14.2 Å². The Hall–Kier alpha value is -1.19. The molecule has 1 heterocycles. The molecule has 1 N–H and O–H groups in total. The maximum absolute atomic E-state index is 4.93. The molecule has 4 nitrogen and oxygen atoms in total. The topological polar surface area (TPSA) is 47.1 Å². The van der Waals surface area contributed by atoms with E-state index in [1.54, 1.807) is 14.2 Å². The average Bonchev–Trinajstić information content (AvgIpc) is 2.30. The molecule has 0 atom stereocenters. The van der Waals surface area contributed by atoms with E-state index in [0.29, 0.717) is 11.8 Å². The Morgan fingerprint density at radius 1 is 1.30 bits per heavy atom. The first kappa shape index (κ1) is 6.92. The fourth-order valence-corrected chi connectivity index (χ4v) is 0.764. The van der Waals surface area contributed by atoms with E-state index in [9.17, 15) is 0 Å². The number of aromatic nitrogens is 2. The Labute approximate surface area is 59.2 Å². The molecule has 0 aliphatic rings. The number of hydrogen-bond acceptors (Lipinski definition) is 3. The zero-order valence-corrected chi connectivity index (χ0v) is 6.26. The third-order valence-electron chi connectivity index (χ3n) is 1.32. The van der Waals surface area contributed by atoms with Gasteiger partial charge in [-0.05, 0) is 6.92 Å². The van der Waals surface area contributed by atoms with Crippen molar-refractivity contribution in [2.24, 2.45) is 0 Å². The molecule has 56 valence electrons. The summed E-state index contributed by atoms with van der Waals surface area (Å²) in [6.07, 6.45) is 0. The fourth-order valence-electron chi connectivity index (χ4n) is 0.764. The molecule has 0 aromatic carbocycles. The van der Waals surface area contributed by atoms with E-state index < -0.39 is 0 Å². The highest BCUT2D eigenvalue weighted by molar-refractivity contribution is 5.32. The summed E-state index contributed by atoms with van der Waals surface area (Å²) in [4.78, 5) is 0. The molecule has 10 heavy (non-hydrogen) atoms. The first-order chi connectivity index (χ1) is 4.79. The summed E-state index contributed by atoms with van der Waals surface area (Å²) in [6.45, 7) is 1.88. The molecule has 0 fully saturated rings. The van der Waals surface area contributed by atoms with Crippen LogP contribution in [0.4, 0.5) is 0 Å². The van der Waals surface area contributed by atoms with Crippen LogP contribution >= 0.6 is 0 Å². The molecule has 0 saturated carbocycles. The predicted octanol–water partition coefficient (Wildman–Crippen LogP) is 0.735. The quantitative estimate of drug-likeness (QED) is 0.662. The molecule has 0 saturated heterocycles. The normalized spacial score (nSPS) is 9.50. The highest BCUT2D eigenvalue weighted by Crippen LogP contribution is 2.22. The number of H-pyrrole nitrogens is 1. The van der Waals surface area contributed by atoms with Crippen LogP contribution in [0.25, 0.3) is 0 Å². The molecule has 0 unspecified atom stereocenters. The van der Waals surface area contributed by atoms with Gasteiger partial charge in [0.05, 0.1) is 19.8 Å². The van der Waals surface area contributed by atoms with E-state index >= 15 is 0 Å². The van der Waals surface area contributed by atoms with Gasteiger partial charge in [-0.15, -0.1) is 5.10 Å². The molecule has 0 aliphatic carbocycles. The van der Waals surface area contributed by atoms with Gasteiger partial charge in [0, 0.05) is 0 Å². The second-order valence-electron chi connectivity index (χ2n) is 1.89. The lowest BCUT2D eigenvalue weighted by Crippen LogP contribution is -1.85. The van der Waals surface area contributed by atoms with Crippen LogP contribution in [0.3, 0.4) is 0 Å². The van der Waals surface area contributed by atoms with Crippen molar-refractivity contribution in [3.63, 3.8) is 0 Å². The number of aromatic amines is 1. The highest BCUT2D eigenvalue weighted by atomic mass is 16.5. The molecule has 0 spiro atoms. The number of ether oxygens (including phenoxy) is 2. The van der Waals surface area contributed by atoms with E-state index in [-0.39, 0.29) is 0 Å². The SMILES string of the molecule is COc1n[nH]c(OC)c1C. The molecular formula is C6H10N2O2. The van der Waals surface area contributed by atoms with Gasteiger partial charge in [-0.1, -0.05) is 0 Å². The Morgan fingerprint density at radius 3 is 2.30 bits per heavy atom. The largest absolute Gasteiger partial charge is 0.481 e. The molecule has 1 aromatic rings. The van der Waals surface area contributed by atoms with E-state index in [1.165, 1.54) is 0 Å². The van der Waals surface area contributed by atoms with Crippen LogP contribution in [0, 0.1) is 6.92 Å². The molecular weight excluding hydrogens is 132 g/mol. The summed E-state index contributed by atoms with van der Waals surface area (Å²) in [6, 6.07) is 0. The van der Waals surface area contributed by atoms with Crippen LogP contribution in [0.2, 0.25) is 0 Å². The third kappa shape index (κ3) is 0.920. The smallest absolute Gasteiger partial charge is 0.239 e. The number of rotatable bonds is 2.